The summed E-state index contributed by atoms with van der Waals surface area (Å²) in [5.41, 5.74) is 0. The van der Waals surface area contributed by atoms with Crippen molar-refractivity contribution < 1.29 is 18.7 Å². The van der Waals surface area contributed by atoms with Gasteiger partial charge in [0.1, 0.15) is 0 Å². The number of nitrogens with one attached hydrogen (secondary N) is 1. The highest BCUT2D eigenvalue weighted by atomic mass is 32.1. The highest BCUT2D eigenvalue weighted by Crippen LogP contribution is 2.12. The fraction of sp³-hybridized carbons (Fsp3) is 0.375. The fourth-order valence-electron chi connectivity index (χ4n) is 2.02. The predicted octanol–water partition coefficient (Wildman–Crippen LogP) is 2.14. The third-order valence-corrected chi connectivity index (χ3v) is 4.08. The van der Waals surface area contributed by atoms with E-state index in [1.54, 1.807) is 35.5 Å². The second kappa shape index (κ2) is 9.12. The Morgan fingerprint density at radius 3 is 2.87 bits per heavy atom. The summed E-state index contributed by atoms with van der Waals surface area (Å²) in [5.74, 6) is -0.0908. The molecule has 0 spiro atoms. The summed E-state index contributed by atoms with van der Waals surface area (Å²) in [6, 6.07) is 7.19. The summed E-state index contributed by atoms with van der Waals surface area (Å²) in [4.78, 5) is 26.9. The molecule has 2 rings (SSSR count). The SMILES string of the molecule is COCCN(Cc1cccs1)C(=O)CCNC(=O)c1ccco1. The number of carbonyl (C=O) groups is 2. The number of furan rings is 1. The first-order chi connectivity index (χ1) is 11.2. The number of ether oxygens (including phenoxy) is 1. The Morgan fingerprint density at radius 1 is 1.35 bits per heavy atom. The summed E-state index contributed by atoms with van der Waals surface area (Å²) in [6.07, 6.45) is 1.68. The normalized spacial score (nSPS) is 10.5. The molecule has 0 atom stereocenters. The summed E-state index contributed by atoms with van der Waals surface area (Å²) >= 11 is 1.61. The Labute approximate surface area is 139 Å². The van der Waals surface area contributed by atoms with Crippen LogP contribution >= 0.6 is 11.3 Å². The minimum atomic E-state index is -0.315. The Morgan fingerprint density at radius 2 is 2.22 bits per heavy atom. The van der Waals surface area contributed by atoms with Crippen molar-refractivity contribution in [2.24, 2.45) is 0 Å². The molecule has 0 aromatic carbocycles. The van der Waals surface area contributed by atoms with E-state index in [4.69, 9.17) is 9.15 Å². The van der Waals surface area contributed by atoms with E-state index in [1.165, 1.54) is 6.26 Å². The maximum absolute atomic E-state index is 12.3. The molecule has 23 heavy (non-hydrogen) atoms. The molecule has 1 N–H and O–H groups in total. The quantitative estimate of drug-likeness (QED) is 0.761. The van der Waals surface area contributed by atoms with Crippen LogP contribution in [0.25, 0.3) is 0 Å². The first-order valence-corrected chi connectivity index (χ1v) is 8.19. The van der Waals surface area contributed by atoms with Gasteiger partial charge in [-0.25, -0.2) is 0 Å². The number of nitrogens with zero attached hydrogens (tertiary/aromatic N) is 1. The second-order valence-electron chi connectivity index (χ2n) is 4.87. The molecule has 2 aromatic rings. The first kappa shape index (κ1) is 17.2. The number of rotatable bonds is 9. The minimum absolute atomic E-state index is 0.0183. The highest BCUT2D eigenvalue weighted by molar-refractivity contribution is 7.09. The molecule has 0 saturated heterocycles. The summed E-state index contributed by atoms with van der Waals surface area (Å²) in [6.45, 7) is 1.84. The van der Waals surface area contributed by atoms with Crippen molar-refractivity contribution in [3.05, 3.63) is 46.5 Å². The molecule has 0 fully saturated rings. The number of hydrogen-bond donors (Lipinski definition) is 1. The number of methoxy groups -OCH3 is 1. The topological polar surface area (TPSA) is 71.8 Å². The fourth-order valence-corrected chi connectivity index (χ4v) is 2.74. The molecule has 124 valence electrons. The van der Waals surface area contributed by atoms with Crippen LogP contribution in [0.15, 0.2) is 40.3 Å². The molecule has 0 aliphatic carbocycles. The predicted molar refractivity (Wildman–Crippen MR) is 87.3 cm³/mol. The Bertz CT molecular complexity index is 596. The van der Waals surface area contributed by atoms with Gasteiger partial charge in [-0.05, 0) is 23.6 Å². The van der Waals surface area contributed by atoms with E-state index in [-0.39, 0.29) is 30.5 Å². The lowest BCUT2D eigenvalue weighted by molar-refractivity contribution is -0.132. The minimum Gasteiger partial charge on any atom is -0.459 e. The largest absolute Gasteiger partial charge is 0.459 e. The molecule has 7 heteroatoms. The smallest absolute Gasteiger partial charge is 0.286 e. The number of amides is 2. The van der Waals surface area contributed by atoms with Crippen LogP contribution in [-0.4, -0.2) is 43.5 Å². The lowest BCUT2D eigenvalue weighted by atomic mass is 10.3. The van der Waals surface area contributed by atoms with Gasteiger partial charge in [0.05, 0.1) is 19.4 Å². The number of carbonyl (C=O) groups excluding carboxylic acids is 2. The van der Waals surface area contributed by atoms with Gasteiger partial charge in [0.15, 0.2) is 5.76 Å². The van der Waals surface area contributed by atoms with Crippen LogP contribution in [0.3, 0.4) is 0 Å². The van der Waals surface area contributed by atoms with E-state index in [0.717, 1.165) is 4.88 Å². The molecular weight excluding hydrogens is 316 g/mol. The Balaban J connectivity index is 1.80. The lowest BCUT2D eigenvalue weighted by Gasteiger charge is -2.22. The van der Waals surface area contributed by atoms with Crippen molar-refractivity contribution >= 4 is 23.2 Å². The van der Waals surface area contributed by atoms with Gasteiger partial charge in [0, 0.05) is 31.5 Å². The van der Waals surface area contributed by atoms with Crippen LogP contribution in [0, 0.1) is 0 Å². The van der Waals surface area contributed by atoms with Gasteiger partial charge in [-0.3, -0.25) is 9.59 Å². The van der Waals surface area contributed by atoms with Crippen LogP contribution in [0.2, 0.25) is 0 Å². The monoisotopic (exact) mass is 336 g/mol. The number of thiophene rings is 1. The molecule has 0 bridgehead atoms. The zero-order valence-electron chi connectivity index (χ0n) is 13.0. The molecule has 6 nitrogen and oxygen atoms in total. The van der Waals surface area contributed by atoms with Crippen molar-refractivity contribution in [1.82, 2.24) is 10.2 Å². The van der Waals surface area contributed by atoms with Crippen molar-refractivity contribution in [2.45, 2.75) is 13.0 Å². The molecule has 2 aromatic heterocycles. The molecule has 0 radical (unpaired) electrons. The van der Waals surface area contributed by atoms with Gasteiger partial charge in [-0.2, -0.15) is 0 Å². The van der Waals surface area contributed by atoms with Crippen LogP contribution in [0.1, 0.15) is 21.9 Å². The van der Waals surface area contributed by atoms with Crippen molar-refractivity contribution in [2.75, 3.05) is 26.8 Å². The van der Waals surface area contributed by atoms with Gasteiger partial charge < -0.3 is 19.4 Å². The molecule has 0 unspecified atom stereocenters. The van der Waals surface area contributed by atoms with Crippen molar-refractivity contribution in [1.29, 1.82) is 0 Å². The Hall–Kier alpha value is -2.12. The van der Waals surface area contributed by atoms with E-state index in [1.807, 2.05) is 17.5 Å². The van der Waals surface area contributed by atoms with E-state index >= 15 is 0 Å². The molecule has 2 amide bonds. The average Bonchev–Trinajstić information content (AvgIpc) is 3.24. The molecular formula is C16H20N2O4S. The van der Waals surface area contributed by atoms with Crippen LogP contribution in [0.5, 0.6) is 0 Å². The van der Waals surface area contributed by atoms with E-state index in [0.29, 0.717) is 19.7 Å². The van der Waals surface area contributed by atoms with Gasteiger partial charge >= 0.3 is 0 Å². The maximum atomic E-state index is 12.3. The molecule has 0 aliphatic heterocycles. The maximum Gasteiger partial charge on any atom is 0.286 e. The highest BCUT2D eigenvalue weighted by Gasteiger charge is 2.15. The lowest BCUT2D eigenvalue weighted by Crippen LogP contribution is -2.36. The van der Waals surface area contributed by atoms with Crippen molar-refractivity contribution in [3.8, 4) is 0 Å². The first-order valence-electron chi connectivity index (χ1n) is 7.31. The van der Waals surface area contributed by atoms with Gasteiger partial charge in [-0.15, -0.1) is 11.3 Å². The van der Waals surface area contributed by atoms with Gasteiger partial charge in [0.2, 0.25) is 5.91 Å². The number of hydrogen-bond acceptors (Lipinski definition) is 5. The van der Waals surface area contributed by atoms with E-state index < -0.39 is 0 Å². The summed E-state index contributed by atoms with van der Waals surface area (Å²) in [7, 11) is 1.61. The van der Waals surface area contributed by atoms with Gasteiger partial charge in [0.25, 0.3) is 5.91 Å². The van der Waals surface area contributed by atoms with E-state index in [2.05, 4.69) is 5.32 Å². The summed E-state index contributed by atoms with van der Waals surface area (Å²) in [5, 5.41) is 4.66. The zero-order valence-corrected chi connectivity index (χ0v) is 13.8. The third kappa shape index (κ3) is 5.54. The zero-order chi connectivity index (χ0) is 16.5. The molecule has 0 saturated carbocycles. The average molecular weight is 336 g/mol. The second-order valence-corrected chi connectivity index (χ2v) is 5.90. The van der Waals surface area contributed by atoms with Crippen LogP contribution in [0.4, 0.5) is 0 Å². The van der Waals surface area contributed by atoms with E-state index in [9.17, 15) is 9.59 Å². The van der Waals surface area contributed by atoms with Crippen LogP contribution in [-0.2, 0) is 16.1 Å². The Kier molecular flexibility index (Phi) is 6.83. The standard InChI is InChI=1S/C16H20N2O4S/c1-21-10-8-18(12-13-4-3-11-23-13)15(19)6-7-17-16(20)14-5-2-9-22-14/h2-5,9,11H,6-8,10,12H2,1H3,(H,17,20). The van der Waals surface area contributed by atoms with Gasteiger partial charge in [-0.1, -0.05) is 6.07 Å². The third-order valence-electron chi connectivity index (χ3n) is 3.21. The molecule has 0 aliphatic rings. The van der Waals surface area contributed by atoms with Crippen molar-refractivity contribution in [3.63, 3.8) is 0 Å². The summed E-state index contributed by atoms with van der Waals surface area (Å²) < 4.78 is 10.1. The molecule has 2 heterocycles. The van der Waals surface area contributed by atoms with Crippen LogP contribution < -0.4 is 5.32 Å².